The van der Waals surface area contributed by atoms with Gasteiger partial charge in [0.1, 0.15) is 0 Å². The van der Waals surface area contributed by atoms with Gasteiger partial charge in [-0.15, -0.1) is 11.3 Å². The van der Waals surface area contributed by atoms with Crippen LogP contribution in [0.3, 0.4) is 0 Å². The van der Waals surface area contributed by atoms with E-state index < -0.39 is 0 Å². The molecule has 0 radical (unpaired) electrons. The maximum Gasteiger partial charge on any atom is 0.261 e. The van der Waals surface area contributed by atoms with E-state index in [1.165, 1.54) is 11.3 Å². The Morgan fingerprint density at radius 2 is 2.21 bits per heavy atom. The highest BCUT2D eigenvalue weighted by atomic mass is 32.1. The number of nitrogens with zero attached hydrogens (tertiary/aromatic N) is 3. The molecule has 0 saturated carbocycles. The van der Waals surface area contributed by atoms with E-state index in [1.807, 2.05) is 41.9 Å². The molecule has 0 saturated heterocycles. The third kappa shape index (κ3) is 4.74. The maximum atomic E-state index is 12.0. The zero-order chi connectivity index (χ0) is 16.6. The molecule has 24 heavy (non-hydrogen) atoms. The minimum absolute atomic E-state index is 0.0238. The van der Waals surface area contributed by atoms with E-state index in [4.69, 9.17) is 0 Å². The number of rotatable bonds is 8. The number of hydrogen-bond acceptors (Lipinski definition) is 5. The number of carbonyl (C=O) groups excluding carboxylic acids is 1. The molecule has 0 aliphatic rings. The number of hydrogen-bond donors (Lipinski definition) is 2. The van der Waals surface area contributed by atoms with Gasteiger partial charge in [-0.3, -0.25) is 14.7 Å². The number of aromatic nitrogens is 3. The topological polar surface area (TPSA) is 73.9 Å². The number of nitrogens with one attached hydrogen (secondary N) is 2. The predicted molar refractivity (Wildman–Crippen MR) is 93.6 cm³/mol. The van der Waals surface area contributed by atoms with Gasteiger partial charge in [0.25, 0.3) is 5.91 Å². The Labute approximate surface area is 144 Å². The lowest BCUT2D eigenvalue weighted by Crippen LogP contribution is -2.34. The van der Waals surface area contributed by atoms with Crippen molar-refractivity contribution in [3.05, 3.63) is 70.7 Å². The first-order chi connectivity index (χ1) is 11.8. The lowest BCUT2D eigenvalue weighted by atomic mass is 10.3. The molecule has 3 aromatic heterocycles. The van der Waals surface area contributed by atoms with E-state index in [2.05, 4.69) is 25.2 Å². The Kier molecular flexibility index (Phi) is 5.70. The lowest BCUT2D eigenvalue weighted by molar-refractivity contribution is 0.0951. The standard InChI is InChI=1S/C17H19N5OS/c23-17(16-5-3-9-24-16)20-7-8-22(12-15-10-18-13-21-15)11-14-4-1-2-6-19-14/h1-6,9-10,13H,7-8,11-12H2,(H,18,21)(H,20,23). The van der Waals surface area contributed by atoms with Gasteiger partial charge in [-0.05, 0) is 23.6 Å². The van der Waals surface area contributed by atoms with Crippen LogP contribution in [0.5, 0.6) is 0 Å². The molecule has 0 aromatic carbocycles. The van der Waals surface area contributed by atoms with Crippen molar-refractivity contribution in [2.24, 2.45) is 0 Å². The van der Waals surface area contributed by atoms with E-state index in [0.29, 0.717) is 13.1 Å². The van der Waals surface area contributed by atoms with Crippen LogP contribution < -0.4 is 5.32 Å². The van der Waals surface area contributed by atoms with E-state index in [1.54, 1.807) is 12.5 Å². The fourth-order valence-electron chi connectivity index (χ4n) is 2.37. The molecule has 0 spiro atoms. The summed E-state index contributed by atoms with van der Waals surface area (Å²) < 4.78 is 0. The molecule has 0 fully saturated rings. The molecule has 2 N–H and O–H groups in total. The molecule has 3 aromatic rings. The second-order valence-corrected chi connectivity index (χ2v) is 6.29. The number of pyridine rings is 1. The van der Waals surface area contributed by atoms with E-state index >= 15 is 0 Å². The van der Waals surface area contributed by atoms with E-state index in [9.17, 15) is 4.79 Å². The van der Waals surface area contributed by atoms with Crippen LogP contribution in [-0.4, -0.2) is 38.8 Å². The van der Waals surface area contributed by atoms with Crippen LogP contribution in [0.4, 0.5) is 0 Å². The molecule has 3 heterocycles. The quantitative estimate of drug-likeness (QED) is 0.659. The summed E-state index contributed by atoms with van der Waals surface area (Å²) in [6, 6.07) is 9.60. The number of carbonyl (C=O) groups is 1. The number of aromatic amines is 1. The summed E-state index contributed by atoms with van der Waals surface area (Å²) in [7, 11) is 0. The minimum Gasteiger partial charge on any atom is -0.350 e. The van der Waals surface area contributed by atoms with Crippen LogP contribution >= 0.6 is 11.3 Å². The number of amides is 1. The van der Waals surface area contributed by atoms with Gasteiger partial charge in [0.15, 0.2) is 0 Å². The summed E-state index contributed by atoms with van der Waals surface area (Å²) in [5.74, 6) is -0.0238. The average Bonchev–Trinajstić information content (AvgIpc) is 3.29. The molecule has 0 aliphatic heterocycles. The van der Waals surface area contributed by atoms with Gasteiger partial charge in [0.2, 0.25) is 0 Å². The molecule has 0 atom stereocenters. The average molecular weight is 341 g/mol. The predicted octanol–water partition coefficient (Wildman–Crippen LogP) is 2.30. The maximum absolute atomic E-state index is 12.0. The van der Waals surface area contributed by atoms with Crippen molar-refractivity contribution in [3.8, 4) is 0 Å². The lowest BCUT2D eigenvalue weighted by Gasteiger charge is -2.21. The molecular formula is C17H19N5OS. The van der Waals surface area contributed by atoms with Crippen LogP contribution in [-0.2, 0) is 13.1 Å². The Balaban J connectivity index is 1.56. The third-order valence-corrected chi connectivity index (χ3v) is 4.39. The van der Waals surface area contributed by atoms with Gasteiger partial charge < -0.3 is 10.3 Å². The highest BCUT2D eigenvalue weighted by Crippen LogP contribution is 2.08. The molecular weight excluding hydrogens is 322 g/mol. The normalized spacial score (nSPS) is 10.9. The summed E-state index contributed by atoms with van der Waals surface area (Å²) in [6.07, 6.45) is 5.28. The zero-order valence-corrected chi connectivity index (χ0v) is 14.0. The SMILES string of the molecule is O=C(NCCN(Cc1ccccn1)Cc1cnc[nH]1)c1cccs1. The summed E-state index contributed by atoms with van der Waals surface area (Å²) in [5.41, 5.74) is 2.04. The smallest absolute Gasteiger partial charge is 0.261 e. The molecule has 124 valence electrons. The molecule has 0 aliphatic carbocycles. The van der Waals surface area contributed by atoms with Crippen molar-refractivity contribution in [3.63, 3.8) is 0 Å². The van der Waals surface area contributed by atoms with Crippen LogP contribution in [0.1, 0.15) is 21.1 Å². The monoisotopic (exact) mass is 341 g/mol. The van der Waals surface area contributed by atoms with E-state index in [-0.39, 0.29) is 5.91 Å². The van der Waals surface area contributed by atoms with Crippen molar-refractivity contribution in [2.45, 2.75) is 13.1 Å². The van der Waals surface area contributed by atoms with Crippen molar-refractivity contribution < 1.29 is 4.79 Å². The Bertz CT molecular complexity index is 728. The Hall–Kier alpha value is -2.51. The molecule has 7 heteroatoms. The molecule has 6 nitrogen and oxygen atoms in total. The molecule has 1 amide bonds. The first-order valence-corrected chi connectivity index (χ1v) is 8.60. The van der Waals surface area contributed by atoms with Crippen LogP contribution in [0, 0.1) is 0 Å². The summed E-state index contributed by atoms with van der Waals surface area (Å²) >= 11 is 1.45. The largest absolute Gasteiger partial charge is 0.350 e. The molecule has 0 unspecified atom stereocenters. The van der Waals surface area contributed by atoms with Gasteiger partial charge in [0, 0.05) is 44.3 Å². The van der Waals surface area contributed by atoms with Gasteiger partial charge in [-0.1, -0.05) is 12.1 Å². The van der Waals surface area contributed by atoms with Crippen molar-refractivity contribution in [1.82, 2.24) is 25.2 Å². The fourth-order valence-corrected chi connectivity index (χ4v) is 3.01. The van der Waals surface area contributed by atoms with Crippen LogP contribution in [0.2, 0.25) is 0 Å². The van der Waals surface area contributed by atoms with Crippen LogP contribution in [0.15, 0.2) is 54.4 Å². The number of H-pyrrole nitrogens is 1. The van der Waals surface area contributed by atoms with Gasteiger partial charge in [-0.25, -0.2) is 4.98 Å². The summed E-state index contributed by atoms with van der Waals surface area (Å²) in [6.45, 7) is 2.75. The van der Waals surface area contributed by atoms with Crippen molar-refractivity contribution in [2.75, 3.05) is 13.1 Å². The highest BCUT2D eigenvalue weighted by molar-refractivity contribution is 7.12. The van der Waals surface area contributed by atoms with E-state index in [0.717, 1.165) is 29.4 Å². The van der Waals surface area contributed by atoms with Crippen molar-refractivity contribution >= 4 is 17.2 Å². The number of thiophene rings is 1. The fraction of sp³-hybridized carbons (Fsp3) is 0.235. The molecule has 0 bridgehead atoms. The first-order valence-electron chi connectivity index (χ1n) is 7.72. The Morgan fingerprint density at radius 3 is 2.92 bits per heavy atom. The summed E-state index contributed by atoms with van der Waals surface area (Å²) in [5, 5.41) is 4.87. The molecule has 3 rings (SSSR count). The first kappa shape index (κ1) is 16.4. The van der Waals surface area contributed by atoms with Gasteiger partial charge >= 0.3 is 0 Å². The Morgan fingerprint density at radius 1 is 1.25 bits per heavy atom. The third-order valence-electron chi connectivity index (χ3n) is 3.52. The minimum atomic E-state index is -0.0238. The second kappa shape index (κ2) is 8.37. The zero-order valence-electron chi connectivity index (χ0n) is 13.2. The van der Waals surface area contributed by atoms with Crippen LogP contribution in [0.25, 0.3) is 0 Å². The highest BCUT2D eigenvalue weighted by Gasteiger charge is 2.11. The number of imidazole rings is 1. The van der Waals surface area contributed by atoms with Gasteiger partial charge in [0.05, 0.1) is 16.9 Å². The van der Waals surface area contributed by atoms with Gasteiger partial charge in [-0.2, -0.15) is 0 Å². The summed E-state index contributed by atoms with van der Waals surface area (Å²) in [4.78, 5) is 26.5. The second-order valence-electron chi connectivity index (χ2n) is 5.34. The van der Waals surface area contributed by atoms with Crippen molar-refractivity contribution in [1.29, 1.82) is 0 Å².